The van der Waals surface area contributed by atoms with Crippen molar-refractivity contribution in [3.63, 3.8) is 0 Å². The molecule has 1 fully saturated rings. The maximum absolute atomic E-state index is 13.0. The summed E-state index contributed by atoms with van der Waals surface area (Å²) in [4.78, 5) is 23.0. The summed E-state index contributed by atoms with van der Waals surface area (Å²) in [5.74, 6) is 0.0765. The lowest BCUT2D eigenvalue weighted by molar-refractivity contribution is 0.0762. The Morgan fingerprint density at radius 1 is 1.24 bits per heavy atom. The smallest absolute Gasteiger partial charge is 0.259 e. The lowest BCUT2D eigenvalue weighted by atomic mass is 10.2. The number of carbonyl (C=O) groups excluding carboxylic acids is 1. The zero-order chi connectivity index (χ0) is 17.4. The maximum atomic E-state index is 13.0. The van der Waals surface area contributed by atoms with Crippen LogP contribution in [0.1, 0.15) is 27.3 Å². The van der Waals surface area contributed by atoms with E-state index in [0.29, 0.717) is 5.56 Å². The third kappa shape index (κ3) is 3.07. The second kappa shape index (κ2) is 6.61. The topological polar surface area (TPSA) is 58.7 Å². The minimum absolute atomic E-state index is 0.0765. The Kier molecular flexibility index (Phi) is 4.30. The predicted molar refractivity (Wildman–Crippen MR) is 96.8 cm³/mol. The van der Waals surface area contributed by atoms with Gasteiger partial charge in [-0.15, -0.1) is 11.3 Å². The van der Waals surface area contributed by atoms with E-state index in [4.69, 9.17) is 0 Å². The van der Waals surface area contributed by atoms with E-state index < -0.39 is 0 Å². The van der Waals surface area contributed by atoms with Crippen LogP contribution in [0, 0.1) is 6.92 Å². The molecule has 0 radical (unpaired) electrons. The molecular formula is C17H22N6OS. The fourth-order valence-electron chi connectivity index (χ4n) is 3.38. The van der Waals surface area contributed by atoms with Gasteiger partial charge in [0.25, 0.3) is 5.91 Å². The third-order valence-electron chi connectivity index (χ3n) is 4.85. The van der Waals surface area contributed by atoms with Crippen LogP contribution in [0.5, 0.6) is 0 Å². The van der Waals surface area contributed by atoms with E-state index in [1.807, 2.05) is 34.4 Å². The van der Waals surface area contributed by atoms with Crippen LogP contribution in [-0.4, -0.2) is 61.1 Å². The van der Waals surface area contributed by atoms with Crippen molar-refractivity contribution in [3.05, 3.63) is 40.2 Å². The van der Waals surface area contributed by atoms with Gasteiger partial charge in [0.1, 0.15) is 11.2 Å². The number of aromatic nitrogens is 4. The molecule has 132 valence electrons. The molecule has 1 aliphatic heterocycles. The van der Waals surface area contributed by atoms with Gasteiger partial charge in [0, 0.05) is 57.0 Å². The van der Waals surface area contributed by atoms with Crippen LogP contribution in [0.25, 0.3) is 5.65 Å². The molecule has 0 unspecified atom stereocenters. The van der Waals surface area contributed by atoms with Crippen molar-refractivity contribution in [2.24, 2.45) is 7.05 Å². The van der Waals surface area contributed by atoms with E-state index in [9.17, 15) is 4.79 Å². The van der Waals surface area contributed by atoms with Gasteiger partial charge >= 0.3 is 0 Å². The molecule has 1 saturated heterocycles. The Morgan fingerprint density at radius 2 is 2.12 bits per heavy atom. The number of rotatable bonds is 3. The summed E-state index contributed by atoms with van der Waals surface area (Å²) in [5.41, 5.74) is 4.56. The van der Waals surface area contributed by atoms with Crippen molar-refractivity contribution in [1.29, 1.82) is 0 Å². The molecule has 3 aromatic heterocycles. The fraction of sp³-hybridized carbons (Fsp3) is 0.471. The van der Waals surface area contributed by atoms with Crippen molar-refractivity contribution < 1.29 is 4.79 Å². The molecule has 3 aromatic rings. The SMILES string of the molecule is Cc1ncsc1CN1CCCN(C(=O)c2cnn3ccn(C)c23)CC1. The molecule has 0 saturated carbocycles. The molecule has 0 aromatic carbocycles. The minimum Gasteiger partial charge on any atom is -0.337 e. The highest BCUT2D eigenvalue weighted by molar-refractivity contribution is 7.09. The molecule has 8 heteroatoms. The number of amides is 1. The van der Waals surface area contributed by atoms with Crippen molar-refractivity contribution in [2.75, 3.05) is 26.2 Å². The summed E-state index contributed by atoms with van der Waals surface area (Å²) in [7, 11) is 1.94. The number of nitrogens with zero attached hydrogens (tertiary/aromatic N) is 6. The van der Waals surface area contributed by atoms with Gasteiger partial charge in [-0.2, -0.15) is 5.10 Å². The largest absolute Gasteiger partial charge is 0.337 e. The average molecular weight is 358 g/mol. The number of carbonyl (C=O) groups is 1. The average Bonchev–Trinajstić information content (AvgIpc) is 3.24. The van der Waals surface area contributed by atoms with Crippen molar-refractivity contribution in [1.82, 2.24) is 29.0 Å². The maximum Gasteiger partial charge on any atom is 0.259 e. The summed E-state index contributed by atoms with van der Waals surface area (Å²) in [6, 6.07) is 0. The van der Waals surface area contributed by atoms with Gasteiger partial charge in [-0.05, 0) is 13.3 Å². The number of hydrogen-bond donors (Lipinski definition) is 0. The Bertz CT molecular complexity index is 894. The van der Waals surface area contributed by atoms with Crippen LogP contribution < -0.4 is 0 Å². The quantitative estimate of drug-likeness (QED) is 0.716. The van der Waals surface area contributed by atoms with Crippen LogP contribution in [0.2, 0.25) is 0 Å². The molecule has 25 heavy (non-hydrogen) atoms. The highest BCUT2D eigenvalue weighted by atomic mass is 32.1. The van der Waals surface area contributed by atoms with Gasteiger partial charge in [-0.25, -0.2) is 9.50 Å². The summed E-state index contributed by atoms with van der Waals surface area (Å²) in [5, 5.41) is 4.29. The predicted octanol–water partition coefficient (Wildman–Crippen LogP) is 1.79. The van der Waals surface area contributed by atoms with Crippen LogP contribution >= 0.6 is 11.3 Å². The van der Waals surface area contributed by atoms with Gasteiger partial charge in [-0.3, -0.25) is 9.69 Å². The van der Waals surface area contributed by atoms with E-state index in [0.717, 1.165) is 50.5 Å². The second-order valence-corrected chi connectivity index (χ2v) is 7.46. The molecule has 4 heterocycles. The van der Waals surface area contributed by atoms with Gasteiger partial charge < -0.3 is 9.47 Å². The summed E-state index contributed by atoms with van der Waals surface area (Å²) >= 11 is 1.71. The Hall–Kier alpha value is -2.19. The van der Waals surface area contributed by atoms with Gasteiger partial charge in [0.15, 0.2) is 0 Å². The van der Waals surface area contributed by atoms with Crippen molar-refractivity contribution in [2.45, 2.75) is 19.9 Å². The van der Waals surface area contributed by atoms with Crippen LogP contribution in [0.4, 0.5) is 0 Å². The van der Waals surface area contributed by atoms with E-state index in [-0.39, 0.29) is 5.91 Å². The number of fused-ring (bicyclic) bond motifs is 1. The molecule has 1 amide bonds. The Balaban J connectivity index is 1.46. The van der Waals surface area contributed by atoms with Crippen LogP contribution in [-0.2, 0) is 13.6 Å². The van der Waals surface area contributed by atoms with E-state index >= 15 is 0 Å². The fourth-order valence-corrected chi connectivity index (χ4v) is 4.20. The number of hydrogen-bond acceptors (Lipinski definition) is 5. The molecule has 4 rings (SSSR count). The highest BCUT2D eigenvalue weighted by Gasteiger charge is 2.24. The van der Waals surface area contributed by atoms with Crippen molar-refractivity contribution in [3.8, 4) is 0 Å². The van der Waals surface area contributed by atoms with Crippen LogP contribution in [0.3, 0.4) is 0 Å². The first-order valence-electron chi connectivity index (χ1n) is 8.53. The molecule has 0 aliphatic carbocycles. The van der Waals surface area contributed by atoms with Gasteiger partial charge in [0.2, 0.25) is 0 Å². The zero-order valence-electron chi connectivity index (χ0n) is 14.6. The second-order valence-electron chi connectivity index (χ2n) is 6.52. The molecule has 0 spiro atoms. The number of aryl methyl sites for hydroxylation is 2. The van der Waals surface area contributed by atoms with E-state index in [1.54, 1.807) is 22.0 Å². The van der Waals surface area contributed by atoms with Crippen molar-refractivity contribution >= 4 is 22.9 Å². The third-order valence-corrected chi connectivity index (χ3v) is 5.77. The first-order chi connectivity index (χ1) is 12.1. The molecular weight excluding hydrogens is 336 g/mol. The minimum atomic E-state index is 0.0765. The summed E-state index contributed by atoms with van der Waals surface area (Å²) < 4.78 is 3.70. The molecule has 0 bridgehead atoms. The lowest BCUT2D eigenvalue weighted by Crippen LogP contribution is -2.35. The number of imidazole rings is 1. The highest BCUT2D eigenvalue weighted by Crippen LogP contribution is 2.18. The summed E-state index contributed by atoms with van der Waals surface area (Å²) in [6.45, 7) is 6.42. The zero-order valence-corrected chi connectivity index (χ0v) is 15.4. The first kappa shape index (κ1) is 16.3. The van der Waals surface area contributed by atoms with Gasteiger partial charge in [0.05, 0.1) is 17.4 Å². The Morgan fingerprint density at radius 3 is 2.92 bits per heavy atom. The van der Waals surface area contributed by atoms with Gasteiger partial charge in [-0.1, -0.05) is 0 Å². The number of thiazole rings is 1. The van der Waals surface area contributed by atoms with Crippen LogP contribution in [0.15, 0.2) is 24.1 Å². The normalized spacial score (nSPS) is 16.5. The monoisotopic (exact) mass is 358 g/mol. The Labute approximate surface area is 150 Å². The molecule has 0 atom stereocenters. The van der Waals surface area contributed by atoms with E-state index in [1.165, 1.54) is 4.88 Å². The van der Waals surface area contributed by atoms with E-state index in [2.05, 4.69) is 21.9 Å². The molecule has 7 nitrogen and oxygen atoms in total. The molecule has 1 aliphatic rings. The molecule has 0 N–H and O–H groups in total. The first-order valence-corrected chi connectivity index (χ1v) is 9.40. The lowest BCUT2D eigenvalue weighted by Gasteiger charge is -2.21. The standard InChI is InChI=1S/C17H22N6OS/c1-13-15(25-12-18-13)11-21-4-3-5-22(8-7-21)17(24)14-10-19-23-9-6-20(2)16(14)23/h6,9-10,12H,3-5,7-8,11H2,1-2H3. The summed E-state index contributed by atoms with van der Waals surface area (Å²) in [6.07, 6.45) is 6.45.